The van der Waals surface area contributed by atoms with E-state index in [1.807, 2.05) is 0 Å². The molecule has 0 aromatic rings. The van der Waals surface area contributed by atoms with E-state index in [1.165, 1.54) is 38.6 Å². The van der Waals surface area contributed by atoms with Gasteiger partial charge in [-0.05, 0) is 31.6 Å². The molecule has 2 fully saturated rings. The summed E-state index contributed by atoms with van der Waals surface area (Å²) in [6, 6.07) is 1.36. The molecule has 2 aliphatic rings. The molecule has 0 amide bonds. The third kappa shape index (κ3) is 4.17. The van der Waals surface area contributed by atoms with Crippen LogP contribution in [-0.2, 0) is 4.74 Å². The molecule has 2 rings (SSSR count). The largest absolute Gasteiger partial charge is 0.377 e. The number of ether oxygens (including phenoxy) is 1. The van der Waals surface area contributed by atoms with Crippen LogP contribution in [0.25, 0.3) is 0 Å². The van der Waals surface area contributed by atoms with Crippen molar-refractivity contribution in [2.24, 2.45) is 5.92 Å². The van der Waals surface area contributed by atoms with Crippen molar-refractivity contribution in [3.8, 4) is 0 Å². The Hall–Kier alpha value is -0.120. The number of rotatable bonds is 5. The van der Waals surface area contributed by atoms with Crippen molar-refractivity contribution in [2.75, 3.05) is 26.2 Å². The van der Waals surface area contributed by atoms with Crippen molar-refractivity contribution in [1.29, 1.82) is 0 Å². The van der Waals surface area contributed by atoms with Crippen LogP contribution in [0.2, 0.25) is 0 Å². The first-order chi connectivity index (χ1) is 9.24. The number of hydrogen-bond acceptors (Lipinski definition) is 3. The summed E-state index contributed by atoms with van der Waals surface area (Å²) in [5, 5.41) is 3.76. The van der Waals surface area contributed by atoms with Gasteiger partial charge >= 0.3 is 0 Å². The lowest BCUT2D eigenvalue weighted by molar-refractivity contribution is -0.0240. The highest BCUT2D eigenvalue weighted by atomic mass is 16.5. The topological polar surface area (TPSA) is 24.5 Å². The molecule has 4 atom stereocenters. The van der Waals surface area contributed by atoms with Crippen LogP contribution in [0.4, 0.5) is 0 Å². The van der Waals surface area contributed by atoms with Gasteiger partial charge in [-0.1, -0.05) is 27.2 Å². The fourth-order valence-corrected chi connectivity index (χ4v) is 3.39. The quantitative estimate of drug-likeness (QED) is 0.829. The van der Waals surface area contributed by atoms with E-state index < -0.39 is 0 Å². The lowest BCUT2D eigenvalue weighted by Gasteiger charge is -2.43. The van der Waals surface area contributed by atoms with E-state index in [9.17, 15) is 0 Å². The normalized spacial score (nSPS) is 35.2. The average molecular weight is 268 g/mol. The van der Waals surface area contributed by atoms with Crippen molar-refractivity contribution in [1.82, 2.24) is 10.2 Å². The maximum atomic E-state index is 5.93. The maximum Gasteiger partial charge on any atom is 0.0702 e. The zero-order valence-electron chi connectivity index (χ0n) is 13.0. The van der Waals surface area contributed by atoms with Crippen LogP contribution in [0.3, 0.4) is 0 Å². The summed E-state index contributed by atoms with van der Waals surface area (Å²) in [7, 11) is 0. The Bertz CT molecular complexity index is 251. The van der Waals surface area contributed by atoms with E-state index in [4.69, 9.17) is 4.74 Å². The second-order valence-corrected chi connectivity index (χ2v) is 6.40. The lowest BCUT2D eigenvalue weighted by Crippen LogP contribution is -2.59. The molecule has 0 bridgehead atoms. The maximum absolute atomic E-state index is 5.93. The fraction of sp³-hybridized carbons (Fsp3) is 1.00. The minimum Gasteiger partial charge on any atom is -0.377 e. The minimum absolute atomic E-state index is 0.485. The molecule has 0 aromatic heterocycles. The third-order valence-corrected chi connectivity index (χ3v) is 5.08. The van der Waals surface area contributed by atoms with Gasteiger partial charge in [-0.15, -0.1) is 0 Å². The molecule has 3 heteroatoms. The van der Waals surface area contributed by atoms with Gasteiger partial charge in [0.05, 0.1) is 6.10 Å². The molecule has 1 N–H and O–H groups in total. The molecule has 2 aliphatic heterocycles. The third-order valence-electron chi connectivity index (χ3n) is 5.08. The molecule has 0 spiro atoms. The molecule has 0 saturated carbocycles. The molecular weight excluding hydrogens is 236 g/mol. The number of nitrogens with zero attached hydrogens (tertiary/aromatic N) is 1. The summed E-state index contributed by atoms with van der Waals surface area (Å²) >= 11 is 0. The smallest absolute Gasteiger partial charge is 0.0702 e. The summed E-state index contributed by atoms with van der Waals surface area (Å²) in [5.74, 6) is 0.771. The van der Waals surface area contributed by atoms with Gasteiger partial charge in [0.2, 0.25) is 0 Å². The van der Waals surface area contributed by atoms with Crippen LogP contribution >= 0.6 is 0 Å². The average Bonchev–Trinajstić information content (AvgIpc) is 2.47. The Morgan fingerprint density at radius 3 is 2.79 bits per heavy atom. The number of hydrogen-bond donors (Lipinski definition) is 1. The second-order valence-electron chi connectivity index (χ2n) is 6.40. The summed E-state index contributed by atoms with van der Waals surface area (Å²) in [6.45, 7) is 11.5. The van der Waals surface area contributed by atoms with Gasteiger partial charge in [-0.3, -0.25) is 4.90 Å². The van der Waals surface area contributed by atoms with Crippen LogP contribution in [0.5, 0.6) is 0 Å². The van der Waals surface area contributed by atoms with E-state index in [1.54, 1.807) is 0 Å². The summed E-state index contributed by atoms with van der Waals surface area (Å²) in [5.41, 5.74) is 0. The molecule has 19 heavy (non-hydrogen) atoms. The minimum atomic E-state index is 0.485. The van der Waals surface area contributed by atoms with Gasteiger partial charge < -0.3 is 10.1 Å². The van der Waals surface area contributed by atoms with E-state index in [0.717, 1.165) is 25.6 Å². The highest BCUT2D eigenvalue weighted by Crippen LogP contribution is 2.20. The molecular formula is C16H32N2O. The summed E-state index contributed by atoms with van der Waals surface area (Å²) < 4.78 is 5.93. The van der Waals surface area contributed by atoms with Crippen LogP contribution in [-0.4, -0.2) is 49.3 Å². The molecule has 112 valence electrons. The van der Waals surface area contributed by atoms with Crippen molar-refractivity contribution in [3.63, 3.8) is 0 Å². The van der Waals surface area contributed by atoms with Gasteiger partial charge in [0, 0.05) is 38.3 Å². The fourth-order valence-electron chi connectivity index (χ4n) is 3.39. The van der Waals surface area contributed by atoms with Gasteiger partial charge in [0.25, 0.3) is 0 Å². The van der Waals surface area contributed by atoms with Gasteiger partial charge in [-0.25, -0.2) is 0 Å². The van der Waals surface area contributed by atoms with Gasteiger partial charge in [0.1, 0.15) is 0 Å². The Kier molecular flexibility index (Phi) is 6.11. The Labute approximate surface area is 119 Å². The zero-order chi connectivity index (χ0) is 13.7. The van der Waals surface area contributed by atoms with Crippen LogP contribution < -0.4 is 5.32 Å². The summed E-state index contributed by atoms with van der Waals surface area (Å²) in [4.78, 5) is 2.70. The number of nitrogens with one attached hydrogen (secondary N) is 1. The Balaban J connectivity index is 1.89. The lowest BCUT2D eigenvalue weighted by atomic mass is 9.94. The molecule has 2 heterocycles. The van der Waals surface area contributed by atoms with Crippen molar-refractivity contribution >= 4 is 0 Å². The predicted octanol–water partition coefficient (Wildman–Crippen LogP) is 2.65. The molecule has 0 aromatic carbocycles. The SMILES string of the molecule is CCC(C)C1CN(CC2CCCCO2)C(CC)CN1. The highest BCUT2D eigenvalue weighted by Gasteiger charge is 2.31. The monoisotopic (exact) mass is 268 g/mol. The van der Waals surface area contributed by atoms with E-state index in [0.29, 0.717) is 18.2 Å². The standard InChI is InChI=1S/C16H32N2O/c1-4-13(3)16-12-18(14(5-2)10-17-16)11-15-8-6-7-9-19-15/h13-17H,4-12H2,1-3H3. The molecule has 4 unspecified atom stereocenters. The Morgan fingerprint density at radius 2 is 2.16 bits per heavy atom. The first kappa shape index (κ1) is 15.3. The van der Waals surface area contributed by atoms with E-state index >= 15 is 0 Å². The van der Waals surface area contributed by atoms with Crippen LogP contribution in [0.1, 0.15) is 52.9 Å². The van der Waals surface area contributed by atoms with Crippen LogP contribution in [0.15, 0.2) is 0 Å². The Morgan fingerprint density at radius 1 is 1.32 bits per heavy atom. The number of piperazine rings is 1. The zero-order valence-corrected chi connectivity index (χ0v) is 13.0. The predicted molar refractivity (Wildman–Crippen MR) is 80.5 cm³/mol. The van der Waals surface area contributed by atoms with Gasteiger partial charge in [0.15, 0.2) is 0 Å². The van der Waals surface area contributed by atoms with Crippen molar-refractivity contribution in [2.45, 2.75) is 71.1 Å². The van der Waals surface area contributed by atoms with E-state index in [2.05, 4.69) is 31.0 Å². The van der Waals surface area contributed by atoms with Crippen molar-refractivity contribution in [3.05, 3.63) is 0 Å². The highest BCUT2D eigenvalue weighted by molar-refractivity contribution is 4.89. The van der Waals surface area contributed by atoms with Gasteiger partial charge in [-0.2, -0.15) is 0 Å². The molecule has 0 aliphatic carbocycles. The van der Waals surface area contributed by atoms with Crippen LogP contribution in [0, 0.1) is 5.92 Å². The first-order valence-corrected chi connectivity index (χ1v) is 8.33. The second kappa shape index (κ2) is 7.61. The van der Waals surface area contributed by atoms with E-state index in [-0.39, 0.29) is 0 Å². The first-order valence-electron chi connectivity index (χ1n) is 8.33. The molecule has 2 saturated heterocycles. The summed E-state index contributed by atoms with van der Waals surface area (Å²) in [6.07, 6.45) is 6.86. The molecule has 0 radical (unpaired) electrons. The van der Waals surface area contributed by atoms with Crippen molar-refractivity contribution < 1.29 is 4.74 Å². The molecule has 3 nitrogen and oxygen atoms in total.